The first-order chi connectivity index (χ1) is 11.6. The molecule has 0 radical (unpaired) electrons. The standard InChI is InChI=1S/C18H25N3O3/c1-3-16(21-17(22)7-8-18(21)23)20-11-9-19(10-12-20)14-5-4-6-15(13-14)24-2/h4-6,13,16H,3,7-12H2,1-2H3. The second-order valence-corrected chi connectivity index (χ2v) is 6.27. The molecule has 0 saturated carbocycles. The Labute approximate surface area is 143 Å². The van der Waals surface area contributed by atoms with E-state index in [1.54, 1.807) is 7.11 Å². The second kappa shape index (κ2) is 7.21. The number of amides is 2. The zero-order chi connectivity index (χ0) is 17.1. The Hall–Kier alpha value is -2.08. The number of benzene rings is 1. The third kappa shape index (κ3) is 3.24. The lowest BCUT2D eigenvalue weighted by atomic mass is 10.2. The van der Waals surface area contributed by atoms with Crippen molar-refractivity contribution in [2.75, 3.05) is 38.2 Å². The number of anilines is 1. The maximum Gasteiger partial charge on any atom is 0.231 e. The maximum absolute atomic E-state index is 12.0. The highest BCUT2D eigenvalue weighted by molar-refractivity contribution is 6.02. The molecule has 0 spiro atoms. The van der Waals surface area contributed by atoms with E-state index in [-0.39, 0.29) is 18.0 Å². The Morgan fingerprint density at radius 2 is 1.75 bits per heavy atom. The van der Waals surface area contributed by atoms with Crippen LogP contribution in [0.15, 0.2) is 24.3 Å². The van der Waals surface area contributed by atoms with E-state index in [1.807, 2.05) is 25.1 Å². The van der Waals surface area contributed by atoms with Crippen LogP contribution in [0.1, 0.15) is 26.2 Å². The largest absolute Gasteiger partial charge is 0.497 e. The topological polar surface area (TPSA) is 53.1 Å². The minimum Gasteiger partial charge on any atom is -0.497 e. The molecule has 2 heterocycles. The number of likely N-dealkylation sites (tertiary alicyclic amines) is 1. The molecule has 24 heavy (non-hydrogen) atoms. The Morgan fingerprint density at radius 3 is 2.33 bits per heavy atom. The number of hydrogen-bond donors (Lipinski definition) is 0. The van der Waals surface area contributed by atoms with Crippen LogP contribution in [-0.2, 0) is 9.59 Å². The maximum atomic E-state index is 12.0. The molecule has 2 aliphatic heterocycles. The van der Waals surface area contributed by atoms with Crippen LogP contribution in [-0.4, -0.2) is 61.1 Å². The molecule has 3 rings (SSSR count). The Bertz CT molecular complexity index is 595. The van der Waals surface area contributed by atoms with Gasteiger partial charge in [0, 0.05) is 50.8 Å². The van der Waals surface area contributed by atoms with Gasteiger partial charge in [-0.2, -0.15) is 0 Å². The number of piperazine rings is 1. The van der Waals surface area contributed by atoms with Crippen LogP contribution >= 0.6 is 0 Å². The molecule has 1 unspecified atom stereocenters. The van der Waals surface area contributed by atoms with E-state index in [0.717, 1.165) is 44.0 Å². The molecule has 130 valence electrons. The average Bonchev–Trinajstić information content (AvgIpc) is 2.95. The lowest BCUT2D eigenvalue weighted by molar-refractivity contribution is -0.146. The summed E-state index contributed by atoms with van der Waals surface area (Å²) in [5.74, 6) is 0.804. The molecule has 0 aliphatic carbocycles. The SMILES string of the molecule is CCC(N1CCN(c2cccc(OC)c2)CC1)N1C(=O)CCC1=O. The van der Waals surface area contributed by atoms with Gasteiger partial charge >= 0.3 is 0 Å². The fourth-order valence-electron chi connectivity index (χ4n) is 3.62. The number of carbonyl (C=O) groups is 2. The van der Waals surface area contributed by atoms with Crippen molar-refractivity contribution in [3.05, 3.63) is 24.3 Å². The highest BCUT2D eigenvalue weighted by Gasteiger charge is 2.37. The monoisotopic (exact) mass is 331 g/mol. The van der Waals surface area contributed by atoms with Crippen molar-refractivity contribution in [2.45, 2.75) is 32.4 Å². The molecule has 6 nitrogen and oxygen atoms in total. The summed E-state index contributed by atoms with van der Waals surface area (Å²) in [5, 5.41) is 0. The van der Waals surface area contributed by atoms with E-state index in [9.17, 15) is 9.59 Å². The lowest BCUT2D eigenvalue weighted by Crippen LogP contribution is -2.57. The molecule has 1 aromatic rings. The Kier molecular flexibility index (Phi) is 5.04. The average molecular weight is 331 g/mol. The van der Waals surface area contributed by atoms with Crippen LogP contribution in [0.4, 0.5) is 5.69 Å². The van der Waals surface area contributed by atoms with Crippen LogP contribution in [0, 0.1) is 0 Å². The van der Waals surface area contributed by atoms with Gasteiger partial charge in [-0.25, -0.2) is 0 Å². The van der Waals surface area contributed by atoms with E-state index >= 15 is 0 Å². The van der Waals surface area contributed by atoms with Gasteiger partial charge in [0.05, 0.1) is 13.3 Å². The minimum atomic E-state index is -0.0973. The van der Waals surface area contributed by atoms with Crippen LogP contribution < -0.4 is 9.64 Å². The van der Waals surface area contributed by atoms with Gasteiger partial charge in [-0.1, -0.05) is 13.0 Å². The van der Waals surface area contributed by atoms with Crippen LogP contribution in [0.3, 0.4) is 0 Å². The van der Waals surface area contributed by atoms with Gasteiger partial charge in [-0.3, -0.25) is 19.4 Å². The summed E-state index contributed by atoms with van der Waals surface area (Å²) in [6, 6.07) is 8.07. The van der Waals surface area contributed by atoms with Crippen molar-refractivity contribution in [1.29, 1.82) is 0 Å². The fraction of sp³-hybridized carbons (Fsp3) is 0.556. The molecule has 0 aromatic heterocycles. The lowest BCUT2D eigenvalue weighted by Gasteiger charge is -2.42. The summed E-state index contributed by atoms with van der Waals surface area (Å²) >= 11 is 0. The molecular weight excluding hydrogens is 306 g/mol. The number of hydrogen-bond acceptors (Lipinski definition) is 5. The highest BCUT2D eigenvalue weighted by atomic mass is 16.5. The molecule has 1 aromatic carbocycles. The number of rotatable bonds is 5. The third-order valence-electron chi connectivity index (χ3n) is 4.91. The molecular formula is C18H25N3O3. The zero-order valence-electron chi connectivity index (χ0n) is 14.4. The summed E-state index contributed by atoms with van der Waals surface area (Å²) in [5.41, 5.74) is 1.15. The van der Waals surface area contributed by atoms with Gasteiger partial charge < -0.3 is 9.64 Å². The molecule has 2 amide bonds. The molecule has 0 bridgehead atoms. The fourth-order valence-corrected chi connectivity index (χ4v) is 3.62. The smallest absolute Gasteiger partial charge is 0.231 e. The molecule has 0 N–H and O–H groups in total. The van der Waals surface area contributed by atoms with Gasteiger partial charge in [-0.05, 0) is 18.6 Å². The second-order valence-electron chi connectivity index (χ2n) is 6.27. The molecule has 2 fully saturated rings. The summed E-state index contributed by atoms with van der Waals surface area (Å²) in [6.45, 7) is 5.47. The van der Waals surface area contributed by atoms with Gasteiger partial charge in [0.25, 0.3) is 0 Å². The predicted octanol–water partition coefficient (Wildman–Crippen LogP) is 1.70. The Morgan fingerprint density at radius 1 is 1.08 bits per heavy atom. The van der Waals surface area contributed by atoms with Gasteiger partial charge in [0.2, 0.25) is 11.8 Å². The predicted molar refractivity (Wildman–Crippen MR) is 91.9 cm³/mol. The third-order valence-corrected chi connectivity index (χ3v) is 4.91. The van der Waals surface area contributed by atoms with E-state index < -0.39 is 0 Å². The van der Waals surface area contributed by atoms with Crippen LogP contribution in [0.5, 0.6) is 5.75 Å². The highest BCUT2D eigenvalue weighted by Crippen LogP contribution is 2.25. The summed E-state index contributed by atoms with van der Waals surface area (Å²) in [7, 11) is 1.67. The first-order valence-corrected chi connectivity index (χ1v) is 8.62. The first-order valence-electron chi connectivity index (χ1n) is 8.62. The van der Waals surface area contributed by atoms with Crippen molar-refractivity contribution < 1.29 is 14.3 Å². The minimum absolute atomic E-state index is 0.0259. The number of nitrogens with zero attached hydrogens (tertiary/aromatic N) is 3. The number of ether oxygens (including phenoxy) is 1. The quantitative estimate of drug-likeness (QED) is 0.769. The Balaban J connectivity index is 1.65. The van der Waals surface area contributed by atoms with E-state index in [4.69, 9.17) is 4.74 Å². The van der Waals surface area contributed by atoms with Crippen molar-refractivity contribution in [3.63, 3.8) is 0 Å². The van der Waals surface area contributed by atoms with Gasteiger partial charge in [0.1, 0.15) is 5.75 Å². The first kappa shape index (κ1) is 16.8. The number of methoxy groups -OCH3 is 1. The summed E-state index contributed by atoms with van der Waals surface area (Å²) < 4.78 is 5.29. The van der Waals surface area contributed by atoms with Crippen LogP contribution in [0.25, 0.3) is 0 Å². The molecule has 2 aliphatic rings. The van der Waals surface area contributed by atoms with E-state index in [2.05, 4.69) is 15.9 Å². The van der Waals surface area contributed by atoms with Crippen LogP contribution in [0.2, 0.25) is 0 Å². The van der Waals surface area contributed by atoms with E-state index in [1.165, 1.54) is 4.90 Å². The van der Waals surface area contributed by atoms with Crippen molar-refractivity contribution in [1.82, 2.24) is 9.80 Å². The molecule has 6 heteroatoms. The zero-order valence-corrected chi connectivity index (χ0v) is 14.4. The van der Waals surface area contributed by atoms with Crippen molar-refractivity contribution in [3.8, 4) is 5.75 Å². The van der Waals surface area contributed by atoms with Gasteiger partial charge in [0.15, 0.2) is 0 Å². The number of imide groups is 1. The number of carbonyl (C=O) groups excluding carboxylic acids is 2. The van der Waals surface area contributed by atoms with Crippen molar-refractivity contribution >= 4 is 17.5 Å². The summed E-state index contributed by atoms with van der Waals surface area (Å²) in [4.78, 5) is 30.1. The molecule has 1 atom stereocenters. The summed E-state index contributed by atoms with van der Waals surface area (Å²) in [6.07, 6.45) is 1.40. The van der Waals surface area contributed by atoms with Gasteiger partial charge in [-0.15, -0.1) is 0 Å². The van der Waals surface area contributed by atoms with Crippen molar-refractivity contribution in [2.24, 2.45) is 0 Å². The molecule has 2 saturated heterocycles. The van der Waals surface area contributed by atoms with E-state index in [0.29, 0.717) is 12.8 Å². The normalized spacial score (nSPS) is 20.6.